The monoisotopic (exact) mass is 217 g/mol. The molecule has 80 valence electrons. The summed E-state index contributed by atoms with van der Waals surface area (Å²) < 4.78 is 0. The molecule has 1 aromatic carbocycles. The van der Waals surface area contributed by atoms with Gasteiger partial charge in [0.25, 0.3) is 0 Å². The number of aromatic hydroxyl groups is 1. The van der Waals surface area contributed by atoms with Gasteiger partial charge in [0.1, 0.15) is 5.75 Å². The molecule has 1 rings (SSSR count). The third-order valence-electron chi connectivity index (χ3n) is 2.11. The molecule has 0 heterocycles. The number of phenols is 1. The molecular weight excluding hydrogens is 202 g/mol. The summed E-state index contributed by atoms with van der Waals surface area (Å²) >= 11 is 0. The zero-order valence-electron chi connectivity index (χ0n) is 8.05. The first kappa shape index (κ1) is 13.2. The van der Waals surface area contributed by atoms with Crippen molar-refractivity contribution < 1.29 is 10.2 Å². The SMILES string of the molecule is CC[C@H](O)[C@H](N)c1ccc(O)cc1.Cl. The van der Waals surface area contributed by atoms with Crippen LogP contribution in [0.15, 0.2) is 24.3 Å². The van der Waals surface area contributed by atoms with Crippen molar-refractivity contribution in [2.24, 2.45) is 5.73 Å². The number of benzene rings is 1. The molecule has 3 nitrogen and oxygen atoms in total. The maximum atomic E-state index is 9.46. The lowest BCUT2D eigenvalue weighted by atomic mass is 10.0. The molecule has 0 bridgehead atoms. The minimum atomic E-state index is -0.524. The van der Waals surface area contributed by atoms with Crippen molar-refractivity contribution >= 4 is 12.4 Å². The molecule has 0 saturated heterocycles. The number of hydrogen-bond acceptors (Lipinski definition) is 3. The first-order valence-electron chi connectivity index (χ1n) is 4.37. The second kappa shape index (κ2) is 5.86. The van der Waals surface area contributed by atoms with Crippen molar-refractivity contribution in [2.45, 2.75) is 25.5 Å². The van der Waals surface area contributed by atoms with Crippen molar-refractivity contribution in [1.82, 2.24) is 0 Å². The number of rotatable bonds is 3. The molecule has 0 fully saturated rings. The molecule has 0 aliphatic carbocycles. The Kier molecular flexibility index (Phi) is 5.53. The fourth-order valence-electron chi connectivity index (χ4n) is 1.17. The average Bonchev–Trinajstić information content (AvgIpc) is 2.17. The highest BCUT2D eigenvalue weighted by Gasteiger charge is 2.14. The number of aliphatic hydroxyl groups is 1. The lowest BCUT2D eigenvalue weighted by Crippen LogP contribution is -2.25. The third-order valence-corrected chi connectivity index (χ3v) is 2.11. The quantitative estimate of drug-likeness (QED) is 0.720. The number of hydrogen-bond donors (Lipinski definition) is 3. The molecule has 0 saturated carbocycles. The van der Waals surface area contributed by atoms with Crippen molar-refractivity contribution in [1.29, 1.82) is 0 Å². The molecule has 4 N–H and O–H groups in total. The molecule has 0 radical (unpaired) electrons. The summed E-state index contributed by atoms with van der Waals surface area (Å²) in [6, 6.07) is 6.21. The Bertz CT molecular complexity index is 263. The Morgan fingerprint density at radius 3 is 2.21 bits per heavy atom. The third kappa shape index (κ3) is 3.18. The van der Waals surface area contributed by atoms with E-state index in [1.807, 2.05) is 6.92 Å². The Morgan fingerprint density at radius 2 is 1.79 bits per heavy atom. The van der Waals surface area contributed by atoms with E-state index in [0.717, 1.165) is 5.56 Å². The number of phenolic OH excluding ortho intramolecular Hbond substituents is 1. The number of aliphatic hydroxyl groups excluding tert-OH is 1. The van der Waals surface area contributed by atoms with E-state index in [1.165, 1.54) is 0 Å². The Morgan fingerprint density at radius 1 is 1.29 bits per heavy atom. The van der Waals surface area contributed by atoms with Crippen LogP contribution in [-0.4, -0.2) is 16.3 Å². The molecule has 0 amide bonds. The van der Waals surface area contributed by atoms with Crippen LogP contribution in [0.3, 0.4) is 0 Å². The van der Waals surface area contributed by atoms with Crippen LogP contribution >= 0.6 is 12.4 Å². The van der Waals surface area contributed by atoms with Crippen LogP contribution in [0, 0.1) is 0 Å². The molecule has 0 spiro atoms. The van der Waals surface area contributed by atoms with Gasteiger partial charge in [0.05, 0.1) is 12.1 Å². The van der Waals surface area contributed by atoms with Gasteiger partial charge in [-0.3, -0.25) is 0 Å². The van der Waals surface area contributed by atoms with Crippen LogP contribution in [0.4, 0.5) is 0 Å². The van der Waals surface area contributed by atoms with Crippen LogP contribution in [-0.2, 0) is 0 Å². The summed E-state index contributed by atoms with van der Waals surface area (Å²) in [5.41, 5.74) is 6.61. The highest BCUT2D eigenvalue weighted by atomic mass is 35.5. The van der Waals surface area contributed by atoms with Gasteiger partial charge in [-0.2, -0.15) is 0 Å². The van der Waals surface area contributed by atoms with E-state index in [-0.39, 0.29) is 24.2 Å². The standard InChI is InChI=1S/C10H15NO2.ClH/c1-2-9(13)10(11)7-3-5-8(12)6-4-7;/h3-6,9-10,12-13H,2,11H2,1H3;1H/t9-,10+;/m0./s1. The predicted molar refractivity (Wildman–Crippen MR) is 58.6 cm³/mol. The zero-order valence-corrected chi connectivity index (χ0v) is 8.87. The fraction of sp³-hybridized carbons (Fsp3) is 0.400. The summed E-state index contributed by atoms with van der Waals surface area (Å²) in [6.07, 6.45) is 0.103. The molecule has 0 aliphatic heterocycles. The van der Waals surface area contributed by atoms with Gasteiger partial charge in [0.2, 0.25) is 0 Å². The smallest absolute Gasteiger partial charge is 0.115 e. The van der Waals surface area contributed by atoms with Crippen LogP contribution in [0.1, 0.15) is 24.9 Å². The van der Waals surface area contributed by atoms with Crippen molar-refractivity contribution in [3.63, 3.8) is 0 Å². The summed E-state index contributed by atoms with van der Waals surface area (Å²) in [6.45, 7) is 1.88. The van der Waals surface area contributed by atoms with Crippen LogP contribution < -0.4 is 5.73 Å². The van der Waals surface area contributed by atoms with E-state index >= 15 is 0 Å². The largest absolute Gasteiger partial charge is 0.508 e. The van der Waals surface area contributed by atoms with Gasteiger partial charge in [0, 0.05) is 0 Å². The van der Waals surface area contributed by atoms with E-state index in [0.29, 0.717) is 6.42 Å². The number of halogens is 1. The minimum absolute atomic E-state index is 0. The van der Waals surface area contributed by atoms with E-state index in [2.05, 4.69) is 0 Å². The van der Waals surface area contributed by atoms with Crippen LogP contribution in [0.25, 0.3) is 0 Å². The normalized spacial score (nSPS) is 14.2. The lowest BCUT2D eigenvalue weighted by Gasteiger charge is -2.17. The second-order valence-corrected chi connectivity index (χ2v) is 3.09. The van der Waals surface area contributed by atoms with Gasteiger partial charge in [-0.25, -0.2) is 0 Å². The molecule has 4 heteroatoms. The summed E-state index contributed by atoms with van der Waals surface area (Å²) in [5, 5.41) is 18.5. The van der Waals surface area contributed by atoms with E-state index < -0.39 is 6.10 Å². The van der Waals surface area contributed by atoms with Gasteiger partial charge in [0.15, 0.2) is 0 Å². The van der Waals surface area contributed by atoms with Gasteiger partial charge < -0.3 is 15.9 Å². The van der Waals surface area contributed by atoms with Crippen LogP contribution in [0.5, 0.6) is 5.75 Å². The summed E-state index contributed by atoms with van der Waals surface area (Å²) in [7, 11) is 0. The molecule has 1 aromatic rings. The minimum Gasteiger partial charge on any atom is -0.508 e. The first-order valence-corrected chi connectivity index (χ1v) is 4.37. The van der Waals surface area contributed by atoms with Gasteiger partial charge >= 0.3 is 0 Å². The van der Waals surface area contributed by atoms with E-state index in [4.69, 9.17) is 10.8 Å². The Balaban J connectivity index is 0.00000169. The van der Waals surface area contributed by atoms with Gasteiger partial charge in [-0.05, 0) is 24.1 Å². The van der Waals surface area contributed by atoms with E-state index in [9.17, 15) is 5.11 Å². The maximum absolute atomic E-state index is 9.46. The van der Waals surface area contributed by atoms with Gasteiger partial charge in [-0.15, -0.1) is 12.4 Å². The Hall–Kier alpha value is -0.770. The summed E-state index contributed by atoms with van der Waals surface area (Å²) in [5.74, 6) is 0.210. The fourth-order valence-corrected chi connectivity index (χ4v) is 1.17. The maximum Gasteiger partial charge on any atom is 0.115 e. The number of nitrogens with two attached hydrogens (primary N) is 1. The van der Waals surface area contributed by atoms with Crippen molar-refractivity contribution in [2.75, 3.05) is 0 Å². The van der Waals surface area contributed by atoms with Gasteiger partial charge in [-0.1, -0.05) is 19.1 Å². The zero-order chi connectivity index (χ0) is 9.84. The lowest BCUT2D eigenvalue weighted by molar-refractivity contribution is 0.140. The molecule has 0 aromatic heterocycles. The average molecular weight is 218 g/mol. The van der Waals surface area contributed by atoms with Crippen molar-refractivity contribution in [3.05, 3.63) is 29.8 Å². The molecule has 2 atom stereocenters. The first-order chi connectivity index (χ1) is 6.15. The summed E-state index contributed by atoms with van der Waals surface area (Å²) in [4.78, 5) is 0. The predicted octanol–water partition coefficient (Wildman–Crippen LogP) is 1.58. The highest BCUT2D eigenvalue weighted by molar-refractivity contribution is 5.85. The Labute approximate surface area is 90.0 Å². The van der Waals surface area contributed by atoms with E-state index in [1.54, 1.807) is 24.3 Å². The topological polar surface area (TPSA) is 66.5 Å². The highest BCUT2D eigenvalue weighted by Crippen LogP contribution is 2.18. The molecule has 0 unspecified atom stereocenters. The molecule has 14 heavy (non-hydrogen) atoms. The molecule has 0 aliphatic rings. The second-order valence-electron chi connectivity index (χ2n) is 3.09. The van der Waals surface area contributed by atoms with Crippen molar-refractivity contribution in [3.8, 4) is 5.75 Å². The van der Waals surface area contributed by atoms with Crippen LogP contribution in [0.2, 0.25) is 0 Å². The molecular formula is C10H16ClNO2.